The van der Waals surface area contributed by atoms with Crippen LogP contribution < -0.4 is 0 Å². The van der Waals surface area contributed by atoms with E-state index in [1.165, 1.54) is 29.7 Å². The second-order valence-electron chi connectivity index (χ2n) is 5.70. The highest BCUT2D eigenvalue weighted by atomic mass is 32.2. The summed E-state index contributed by atoms with van der Waals surface area (Å²) in [6.45, 7) is 4.36. The van der Waals surface area contributed by atoms with Crippen molar-refractivity contribution in [3.8, 4) is 0 Å². The molecule has 1 nitrogen and oxygen atoms in total. The Hall–Kier alpha value is -0.760. The van der Waals surface area contributed by atoms with Crippen LogP contribution in [0.4, 0.5) is 0 Å². The van der Waals surface area contributed by atoms with Crippen molar-refractivity contribution in [2.45, 2.75) is 50.8 Å². The fraction of sp³-hybridized carbons (Fsp3) is 0.588. The van der Waals surface area contributed by atoms with Gasteiger partial charge in [-0.3, -0.25) is 4.79 Å². The van der Waals surface area contributed by atoms with Gasteiger partial charge in [0.15, 0.2) is 0 Å². The van der Waals surface area contributed by atoms with Crippen molar-refractivity contribution in [1.82, 2.24) is 0 Å². The molecule has 2 rings (SSSR count). The molecule has 2 heteroatoms. The van der Waals surface area contributed by atoms with Gasteiger partial charge in [-0.15, -0.1) is 11.8 Å². The van der Waals surface area contributed by atoms with Gasteiger partial charge in [0, 0.05) is 10.8 Å². The van der Waals surface area contributed by atoms with Crippen molar-refractivity contribution >= 4 is 17.5 Å². The second-order valence-corrected chi connectivity index (χ2v) is 6.75. The quantitative estimate of drug-likeness (QED) is 0.713. The molecule has 1 aliphatic rings. The lowest BCUT2D eigenvalue weighted by molar-refractivity contribution is -0.121. The molecule has 0 N–H and O–H groups in total. The van der Waals surface area contributed by atoms with Crippen molar-refractivity contribution < 1.29 is 4.79 Å². The first-order valence-electron chi connectivity index (χ1n) is 7.41. The summed E-state index contributed by atoms with van der Waals surface area (Å²) in [5, 5.41) is 0. The van der Waals surface area contributed by atoms with Crippen LogP contribution in [0.5, 0.6) is 0 Å². The molecule has 1 aromatic carbocycles. The van der Waals surface area contributed by atoms with Crippen LogP contribution in [0.25, 0.3) is 0 Å². The lowest BCUT2D eigenvalue weighted by Crippen LogP contribution is -2.23. The van der Waals surface area contributed by atoms with E-state index < -0.39 is 0 Å². The fourth-order valence-corrected chi connectivity index (χ4v) is 3.86. The summed E-state index contributed by atoms with van der Waals surface area (Å²) in [5.74, 6) is 2.31. The first-order chi connectivity index (χ1) is 9.19. The second kappa shape index (κ2) is 7.14. The summed E-state index contributed by atoms with van der Waals surface area (Å²) >= 11 is 1.69. The molecule has 0 saturated heterocycles. The smallest absolute Gasteiger partial charge is 0.146 e. The van der Waals surface area contributed by atoms with E-state index in [1.54, 1.807) is 11.8 Å². The predicted molar refractivity (Wildman–Crippen MR) is 82.6 cm³/mol. The first-order valence-corrected chi connectivity index (χ1v) is 8.39. The topological polar surface area (TPSA) is 17.1 Å². The van der Waals surface area contributed by atoms with E-state index in [0.717, 1.165) is 18.8 Å². The summed E-state index contributed by atoms with van der Waals surface area (Å²) in [6.07, 6.45) is 6.01. The van der Waals surface area contributed by atoms with Crippen LogP contribution in [0.2, 0.25) is 0 Å². The minimum atomic E-state index is 0.333. The summed E-state index contributed by atoms with van der Waals surface area (Å²) < 4.78 is 0. The lowest BCUT2D eigenvalue weighted by atomic mass is 9.79. The normalized spacial score (nSPS) is 23.3. The van der Waals surface area contributed by atoms with Crippen LogP contribution in [-0.2, 0) is 4.79 Å². The molecule has 104 valence electrons. The third-order valence-electron chi connectivity index (χ3n) is 4.25. The maximum Gasteiger partial charge on any atom is 0.146 e. The largest absolute Gasteiger partial charge is 0.298 e. The minimum absolute atomic E-state index is 0.333. The molecule has 1 aliphatic carbocycles. The molecular formula is C17H24OS. The van der Waals surface area contributed by atoms with Crippen LogP contribution in [0.15, 0.2) is 29.2 Å². The number of hydrogen-bond acceptors (Lipinski definition) is 2. The average Bonchev–Trinajstić information content (AvgIpc) is 2.45. The van der Waals surface area contributed by atoms with Gasteiger partial charge in [-0.25, -0.2) is 0 Å². The number of ketones is 1. The number of carbonyl (C=O) groups excluding carboxylic acids is 1. The number of carbonyl (C=O) groups is 1. The van der Waals surface area contributed by atoms with Crippen molar-refractivity contribution in [2.75, 3.05) is 5.75 Å². The van der Waals surface area contributed by atoms with Gasteiger partial charge in [-0.05, 0) is 50.7 Å². The molecular weight excluding hydrogens is 252 g/mol. The number of hydrogen-bond donors (Lipinski definition) is 0. The summed E-state index contributed by atoms with van der Waals surface area (Å²) in [4.78, 5) is 13.4. The Labute approximate surface area is 121 Å². The van der Waals surface area contributed by atoms with Gasteiger partial charge in [-0.1, -0.05) is 31.0 Å². The number of rotatable bonds is 5. The Morgan fingerprint density at radius 3 is 2.63 bits per heavy atom. The monoisotopic (exact) mass is 276 g/mol. The van der Waals surface area contributed by atoms with E-state index in [0.29, 0.717) is 17.5 Å². The number of aryl methyl sites for hydroxylation is 1. The highest BCUT2D eigenvalue weighted by Crippen LogP contribution is 2.32. The summed E-state index contributed by atoms with van der Waals surface area (Å²) in [6, 6.07) is 8.41. The molecule has 1 fully saturated rings. The number of thioether (sulfide) groups is 1. The van der Waals surface area contributed by atoms with E-state index in [9.17, 15) is 4.79 Å². The fourth-order valence-electron chi connectivity index (χ4n) is 2.87. The molecule has 0 atom stereocenters. The van der Waals surface area contributed by atoms with Gasteiger partial charge >= 0.3 is 0 Å². The van der Waals surface area contributed by atoms with E-state index in [2.05, 4.69) is 38.1 Å². The van der Waals surface area contributed by atoms with Crippen molar-refractivity contribution in [3.63, 3.8) is 0 Å². The zero-order chi connectivity index (χ0) is 13.7. The van der Waals surface area contributed by atoms with Gasteiger partial charge in [0.2, 0.25) is 0 Å². The number of Topliss-reactive ketones (excluding diaryl/α,β-unsaturated/α-hetero) is 1. The standard InChI is InChI=1S/C17H24OS/c1-3-14-7-9-15(10-8-14)17(18)12-19-16-6-4-5-13(2)11-16/h4-6,11,14-15H,3,7-10,12H2,1-2H3. The molecule has 0 aliphatic heterocycles. The Balaban J connectivity index is 1.79. The molecule has 0 bridgehead atoms. The maximum atomic E-state index is 12.2. The van der Waals surface area contributed by atoms with Gasteiger partial charge in [0.05, 0.1) is 5.75 Å². The van der Waals surface area contributed by atoms with Crippen molar-refractivity contribution in [1.29, 1.82) is 0 Å². The van der Waals surface area contributed by atoms with E-state index in [4.69, 9.17) is 0 Å². The highest BCUT2D eigenvalue weighted by molar-refractivity contribution is 8.00. The van der Waals surface area contributed by atoms with Gasteiger partial charge in [0.25, 0.3) is 0 Å². The Morgan fingerprint density at radius 2 is 2.00 bits per heavy atom. The molecule has 0 heterocycles. The molecule has 1 saturated carbocycles. The SMILES string of the molecule is CCC1CCC(C(=O)CSc2cccc(C)c2)CC1. The average molecular weight is 276 g/mol. The van der Waals surface area contributed by atoms with Crippen molar-refractivity contribution in [3.05, 3.63) is 29.8 Å². The van der Waals surface area contributed by atoms with E-state index in [1.807, 2.05) is 0 Å². The molecule has 0 radical (unpaired) electrons. The Morgan fingerprint density at radius 1 is 1.26 bits per heavy atom. The molecule has 19 heavy (non-hydrogen) atoms. The highest BCUT2D eigenvalue weighted by Gasteiger charge is 2.25. The predicted octanol–water partition coefficient (Wildman–Crippen LogP) is 4.87. The van der Waals surface area contributed by atoms with Crippen LogP contribution in [-0.4, -0.2) is 11.5 Å². The van der Waals surface area contributed by atoms with Crippen molar-refractivity contribution in [2.24, 2.45) is 11.8 Å². The Bertz CT molecular complexity index is 419. The van der Waals surface area contributed by atoms with Gasteiger partial charge < -0.3 is 0 Å². The van der Waals surface area contributed by atoms with Gasteiger partial charge in [0.1, 0.15) is 5.78 Å². The summed E-state index contributed by atoms with van der Waals surface area (Å²) in [7, 11) is 0. The molecule has 0 unspecified atom stereocenters. The zero-order valence-corrected chi connectivity index (χ0v) is 12.8. The minimum Gasteiger partial charge on any atom is -0.298 e. The first kappa shape index (κ1) is 14.6. The summed E-state index contributed by atoms with van der Waals surface area (Å²) in [5.41, 5.74) is 1.26. The third-order valence-corrected chi connectivity index (χ3v) is 5.27. The maximum absolute atomic E-state index is 12.2. The van der Waals surface area contributed by atoms with E-state index >= 15 is 0 Å². The van der Waals surface area contributed by atoms with Crippen LogP contribution >= 0.6 is 11.8 Å². The number of benzene rings is 1. The van der Waals surface area contributed by atoms with Gasteiger partial charge in [-0.2, -0.15) is 0 Å². The zero-order valence-electron chi connectivity index (χ0n) is 12.0. The Kier molecular flexibility index (Phi) is 5.50. The van der Waals surface area contributed by atoms with Crippen LogP contribution in [0, 0.1) is 18.8 Å². The lowest BCUT2D eigenvalue weighted by Gasteiger charge is -2.26. The molecule has 0 amide bonds. The molecule has 0 spiro atoms. The van der Waals surface area contributed by atoms with E-state index in [-0.39, 0.29) is 0 Å². The molecule has 1 aromatic rings. The molecule has 0 aromatic heterocycles. The van der Waals surface area contributed by atoms with Crippen LogP contribution in [0.1, 0.15) is 44.6 Å². The van der Waals surface area contributed by atoms with Crippen LogP contribution in [0.3, 0.4) is 0 Å². The third kappa shape index (κ3) is 4.38.